The predicted molar refractivity (Wildman–Crippen MR) is 92.8 cm³/mol. The Morgan fingerprint density at radius 3 is 2.39 bits per heavy atom. The van der Waals surface area contributed by atoms with Crippen LogP contribution >= 0.6 is 0 Å². The van der Waals surface area contributed by atoms with Crippen molar-refractivity contribution in [1.29, 1.82) is 0 Å². The molecule has 2 N–H and O–H groups in total. The quantitative estimate of drug-likeness (QED) is 0.802. The second kappa shape index (κ2) is 8.22. The molecule has 2 amide bonds. The topological polar surface area (TPSA) is 50.4 Å². The number of nitrogens with one attached hydrogen (secondary N) is 2. The van der Waals surface area contributed by atoms with Crippen molar-refractivity contribution in [2.24, 2.45) is 0 Å². The van der Waals surface area contributed by atoms with Gasteiger partial charge in [-0.3, -0.25) is 0 Å². The largest absolute Gasteiger partial charge is 0.491 e. The molecule has 0 heterocycles. The lowest BCUT2D eigenvalue weighted by Crippen LogP contribution is -2.37. The van der Waals surface area contributed by atoms with Crippen molar-refractivity contribution in [3.63, 3.8) is 0 Å². The molecule has 2 aromatic carbocycles. The van der Waals surface area contributed by atoms with Crippen molar-refractivity contribution in [3.05, 3.63) is 64.7 Å². The van der Waals surface area contributed by atoms with Gasteiger partial charge in [0.15, 0.2) is 0 Å². The lowest BCUT2D eigenvalue weighted by atomic mass is 10.1. The highest BCUT2D eigenvalue weighted by molar-refractivity contribution is 5.73. The summed E-state index contributed by atoms with van der Waals surface area (Å²) in [6.07, 6.45) is 0. The number of hydrogen-bond acceptors (Lipinski definition) is 2. The van der Waals surface area contributed by atoms with Gasteiger partial charge in [-0.1, -0.05) is 42.0 Å². The van der Waals surface area contributed by atoms with Crippen LogP contribution in [0.2, 0.25) is 0 Å². The zero-order valence-electron chi connectivity index (χ0n) is 14.0. The normalized spacial score (nSPS) is 10.2. The van der Waals surface area contributed by atoms with Crippen LogP contribution in [-0.2, 0) is 6.54 Å². The maximum atomic E-state index is 11.7. The third kappa shape index (κ3) is 5.66. The molecule has 2 rings (SSSR count). The lowest BCUT2D eigenvalue weighted by molar-refractivity contribution is 0.236. The molecule has 4 heteroatoms. The molecule has 0 aliphatic heterocycles. The van der Waals surface area contributed by atoms with Crippen LogP contribution in [0.25, 0.3) is 0 Å². The monoisotopic (exact) mass is 312 g/mol. The van der Waals surface area contributed by atoms with E-state index >= 15 is 0 Å². The average molecular weight is 312 g/mol. The standard InChI is InChI=1S/C19H24N2O2/c1-14-5-8-17(9-6-14)13-21-19(22)20-10-11-23-18-12-15(2)4-7-16(18)3/h4-9,12H,10-11,13H2,1-3H3,(H2,20,21,22). The van der Waals surface area contributed by atoms with E-state index in [4.69, 9.17) is 4.74 Å². The van der Waals surface area contributed by atoms with Crippen molar-refractivity contribution in [1.82, 2.24) is 10.6 Å². The maximum absolute atomic E-state index is 11.7. The van der Waals surface area contributed by atoms with Crippen LogP contribution < -0.4 is 15.4 Å². The van der Waals surface area contributed by atoms with Crippen LogP contribution in [-0.4, -0.2) is 19.2 Å². The molecule has 0 aromatic heterocycles. The lowest BCUT2D eigenvalue weighted by Gasteiger charge is -2.11. The molecule has 2 aromatic rings. The predicted octanol–water partition coefficient (Wildman–Crippen LogP) is 3.49. The number of carbonyl (C=O) groups is 1. The van der Waals surface area contributed by atoms with Crippen molar-refractivity contribution >= 4 is 6.03 Å². The summed E-state index contributed by atoms with van der Waals surface area (Å²) >= 11 is 0. The Hall–Kier alpha value is -2.49. The van der Waals surface area contributed by atoms with E-state index in [0.717, 1.165) is 22.4 Å². The highest BCUT2D eigenvalue weighted by atomic mass is 16.5. The molecule has 0 radical (unpaired) electrons. The molecule has 4 nitrogen and oxygen atoms in total. The zero-order valence-corrected chi connectivity index (χ0v) is 14.0. The fraction of sp³-hybridized carbons (Fsp3) is 0.316. The molecule has 0 bridgehead atoms. The van der Waals surface area contributed by atoms with Gasteiger partial charge in [-0.15, -0.1) is 0 Å². The first-order chi connectivity index (χ1) is 11.0. The smallest absolute Gasteiger partial charge is 0.315 e. The Labute approximate surface area is 137 Å². The van der Waals surface area contributed by atoms with E-state index in [0.29, 0.717) is 19.7 Å². The first-order valence-corrected chi connectivity index (χ1v) is 7.82. The van der Waals surface area contributed by atoms with E-state index < -0.39 is 0 Å². The molecule has 0 aliphatic carbocycles. The number of ether oxygens (including phenoxy) is 1. The number of urea groups is 1. The van der Waals surface area contributed by atoms with Gasteiger partial charge >= 0.3 is 6.03 Å². The summed E-state index contributed by atoms with van der Waals surface area (Å²) in [5.74, 6) is 0.867. The van der Waals surface area contributed by atoms with E-state index in [9.17, 15) is 4.79 Å². The van der Waals surface area contributed by atoms with Crippen LogP contribution in [0.5, 0.6) is 5.75 Å². The van der Waals surface area contributed by atoms with Gasteiger partial charge in [-0.05, 0) is 43.5 Å². The van der Waals surface area contributed by atoms with E-state index in [-0.39, 0.29) is 6.03 Å². The number of aryl methyl sites for hydroxylation is 3. The van der Waals surface area contributed by atoms with Gasteiger partial charge in [0.25, 0.3) is 0 Å². The summed E-state index contributed by atoms with van der Waals surface area (Å²) in [7, 11) is 0. The molecule has 0 saturated heterocycles. The third-order valence-corrected chi connectivity index (χ3v) is 3.56. The van der Waals surface area contributed by atoms with Crippen molar-refractivity contribution in [2.75, 3.05) is 13.2 Å². The Balaban J connectivity index is 1.66. The number of hydrogen-bond donors (Lipinski definition) is 2. The zero-order chi connectivity index (χ0) is 16.7. The molecule has 0 fully saturated rings. The summed E-state index contributed by atoms with van der Waals surface area (Å²) in [4.78, 5) is 11.7. The highest BCUT2D eigenvalue weighted by Crippen LogP contribution is 2.18. The summed E-state index contributed by atoms with van der Waals surface area (Å²) in [6, 6.07) is 14.0. The average Bonchev–Trinajstić information content (AvgIpc) is 2.54. The summed E-state index contributed by atoms with van der Waals surface area (Å²) in [5.41, 5.74) is 4.55. The molecule has 0 saturated carbocycles. The number of carbonyl (C=O) groups excluding carboxylic acids is 1. The van der Waals surface area contributed by atoms with Gasteiger partial charge in [0.2, 0.25) is 0 Å². The molecule has 0 aliphatic rings. The van der Waals surface area contributed by atoms with Gasteiger partial charge in [0.05, 0.1) is 6.54 Å². The van der Waals surface area contributed by atoms with Gasteiger partial charge in [-0.2, -0.15) is 0 Å². The first-order valence-electron chi connectivity index (χ1n) is 7.82. The minimum atomic E-state index is -0.185. The minimum absolute atomic E-state index is 0.185. The van der Waals surface area contributed by atoms with Crippen LogP contribution in [0.15, 0.2) is 42.5 Å². The Kier molecular flexibility index (Phi) is 6.03. The van der Waals surface area contributed by atoms with E-state index in [1.165, 1.54) is 5.56 Å². The number of amides is 2. The van der Waals surface area contributed by atoms with Crippen LogP contribution in [0.1, 0.15) is 22.3 Å². The first kappa shape index (κ1) is 16.9. The van der Waals surface area contributed by atoms with E-state index in [1.807, 2.05) is 57.2 Å². The van der Waals surface area contributed by atoms with Gasteiger partial charge in [0.1, 0.15) is 12.4 Å². The minimum Gasteiger partial charge on any atom is -0.491 e. The second-order valence-corrected chi connectivity index (χ2v) is 5.71. The molecule has 0 atom stereocenters. The fourth-order valence-corrected chi connectivity index (χ4v) is 2.14. The maximum Gasteiger partial charge on any atom is 0.315 e. The molecular formula is C19H24N2O2. The summed E-state index contributed by atoms with van der Waals surface area (Å²) in [6.45, 7) is 7.51. The highest BCUT2D eigenvalue weighted by Gasteiger charge is 2.02. The van der Waals surface area contributed by atoms with Gasteiger partial charge in [-0.25, -0.2) is 4.79 Å². The van der Waals surface area contributed by atoms with Gasteiger partial charge < -0.3 is 15.4 Å². The third-order valence-electron chi connectivity index (χ3n) is 3.56. The van der Waals surface area contributed by atoms with Crippen molar-refractivity contribution < 1.29 is 9.53 Å². The summed E-state index contributed by atoms with van der Waals surface area (Å²) in [5, 5.41) is 5.63. The van der Waals surface area contributed by atoms with E-state index in [2.05, 4.69) is 16.7 Å². The Morgan fingerprint density at radius 2 is 1.65 bits per heavy atom. The Bertz CT molecular complexity index is 651. The van der Waals surface area contributed by atoms with Crippen LogP contribution in [0, 0.1) is 20.8 Å². The van der Waals surface area contributed by atoms with Gasteiger partial charge in [0, 0.05) is 6.54 Å². The second-order valence-electron chi connectivity index (χ2n) is 5.71. The molecule has 0 spiro atoms. The summed E-state index contributed by atoms with van der Waals surface area (Å²) < 4.78 is 5.70. The number of benzene rings is 2. The molecule has 122 valence electrons. The molecule has 23 heavy (non-hydrogen) atoms. The van der Waals surface area contributed by atoms with E-state index in [1.54, 1.807) is 0 Å². The van der Waals surface area contributed by atoms with Crippen molar-refractivity contribution in [3.8, 4) is 5.75 Å². The van der Waals surface area contributed by atoms with Crippen molar-refractivity contribution in [2.45, 2.75) is 27.3 Å². The molecule has 0 unspecified atom stereocenters. The molecular weight excluding hydrogens is 288 g/mol. The Morgan fingerprint density at radius 1 is 0.957 bits per heavy atom. The number of rotatable bonds is 6. The SMILES string of the molecule is Cc1ccc(CNC(=O)NCCOc2cc(C)ccc2C)cc1. The van der Waals surface area contributed by atoms with Crippen LogP contribution in [0.3, 0.4) is 0 Å². The van der Waals surface area contributed by atoms with Crippen LogP contribution in [0.4, 0.5) is 4.79 Å². The fourth-order valence-electron chi connectivity index (χ4n) is 2.14.